The van der Waals surface area contributed by atoms with E-state index in [0.717, 1.165) is 11.3 Å². The molecule has 0 aliphatic carbocycles. The molecular weight excluding hydrogens is 532 g/mol. The first-order chi connectivity index (χ1) is 16.7. The van der Waals surface area contributed by atoms with Crippen LogP contribution in [0.1, 0.15) is 35.2 Å². The second-order valence-electron chi connectivity index (χ2n) is 7.53. The Hall–Kier alpha value is -3.47. The molecule has 1 aromatic carbocycles. The van der Waals surface area contributed by atoms with Gasteiger partial charge in [-0.05, 0) is 50.1 Å². The number of pyridine rings is 1. The van der Waals surface area contributed by atoms with E-state index in [9.17, 15) is 15.3 Å². The van der Waals surface area contributed by atoms with Crippen molar-refractivity contribution in [2.75, 3.05) is 19.5 Å². The first-order valence-electron chi connectivity index (χ1n) is 10.6. The molecule has 0 amide bonds. The SMILES string of the molecule is CCOC(=O)C1=C(CSc2nc(C)cc(C)c2C#N)OC(N)=C(C#N)[C@H]1c1ccc(OC)cc1Br. The van der Waals surface area contributed by atoms with Crippen molar-refractivity contribution >= 4 is 33.7 Å². The summed E-state index contributed by atoms with van der Waals surface area (Å²) in [7, 11) is 1.55. The van der Waals surface area contributed by atoms with Gasteiger partial charge in [-0.2, -0.15) is 10.5 Å². The topological polar surface area (TPSA) is 131 Å². The Bertz CT molecular complexity index is 1320. The highest BCUT2D eigenvalue weighted by molar-refractivity contribution is 9.10. The Labute approximate surface area is 216 Å². The number of methoxy groups -OCH3 is 1. The van der Waals surface area contributed by atoms with E-state index in [-0.39, 0.29) is 35.1 Å². The fourth-order valence-electron chi connectivity index (χ4n) is 3.71. The van der Waals surface area contributed by atoms with Crippen LogP contribution in [0.2, 0.25) is 0 Å². The fourth-order valence-corrected chi connectivity index (χ4v) is 5.34. The van der Waals surface area contributed by atoms with Gasteiger partial charge in [0.05, 0.1) is 36.5 Å². The maximum absolute atomic E-state index is 13.2. The van der Waals surface area contributed by atoms with E-state index in [0.29, 0.717) is 26.4 Å². The van der Waals surface area contributed by atoms with Gasteiger partial charge in [-0.3, -0.25) is 0 Å². The third-order valence-electron chi connectivity index (χ3n) is 5.27. The van der Waals surface area contributed by atoms with Crippen LogP contribution in [0.5, 0.6) is 5.75 Å². The van der Waals surface area contributed by atoms with Gasteiger partial charge in [-0.25, -0.2) is 9.78 Å². The Balaban J connectivity index is 2.15. The zero-order chi connectivity index (χ0) is 25.7. The van der Waals surface area contributed by atoms with Gasteiger partial charge < -0.3 is 19.9 Å². The van der Waals surface area contributed by atoms with Crippen LogP contribution in [0.25, 0.3) is 0 Å². The molecule has 0 unspecified atom stereocenters. The summed E-state index contributed by atoms with van der Waals surface area (Å²) in [5.74, 6) is -0.565. The molecule has 0 spiro atoms. The molecule has 0 bridgehead atoms. The molecule has 1 aromatic heterocycles. The van der Waals surface area contributed by atoms with Crippen molar-refractivity contribution in [3.05, 3.63) is 73.9 Å². The summed E-state index contributed by atoms with van der Waals surface area (Å²) in [6.45, 7) is 5.52. The number of aryl methyl sites for hydroxylation is 2. The van der Waals surface area contributed by atoms with E-state index >= 15 is 0 Å². The van der Waals surface area contributed by atoms with Crippen LogP contribution in [0.15, 0.2) is 56.6 Å². The average molecular weight is 555 g/mol. The number of nitrogens with zero attached hydrogens (tertiary/aromatic N) is 3. The van der Waals surface area contributed by atoms with Crippen LogP contribution in [-0.2, 0) is 14.3 Å². The van der Waals surface area contributed by atoms with Gasteiger partial charge in [0, 0.05) is 10.2 Å². The van der Waals surface area contributed by atoms with E-state index in [1.54, 1.807) is 32.2 Å². The standard InChI is InChI=1S/C25H23BrN4O4S/c1-5-33-25(31)22-20(12-35-24-17(10-27)13(2)8-14(3)30-24)34-23(29)18(11-28)21(22)16-7-6-15(32-4)9-19(16)26/h6-9,21H,5,12,29H2,1-4H3/t21-/m1/s1. The van der Waals surface area contributed by atoms with E-state index < -0.39 is 11.9 Å². The first kappa shape index (κ1) is 26.1. The molecule has 2 N–H and O–H groups in total. The molecule has 35 heavy (non-hydrogen) atoms. The lowest BCUT2D eigenvalue weighted by Gasteiger charge is -2.28. The molecule has 0 radical (unpaired) electrons. The number of carbonyl (C=O) groups is 1. The summed E-state index contributed by atoms with van der Waals surface area (Å²) < 4.78 is 17.1. The molecule has 0 saturated carbocycles. The zero-order valence-electron chi connectivity index (χ0n) is 19.6. The zero-order valence-corrected chi connectivity index (χ0v) is 22.0. The second kappa shape index (κ2) is 11.3. The number of nitriles is 2. The highest BCUT2D eigenvalue weighted by Gasteiger charge is 2.38. The lowest BCUT2D eigenvalue weighted by atomic mass is 9.83. The smallest absolute Gasteiger partial charge is 0.338 e. The minimum absolute atomic E-state index is 0.0925. The molecule has 10 heteroatoms. The summed E-state index contributed by atoms with van der Waals surface area (Å²) in [4.78, 5) is 17.7. The van der Waals surface area contributed by atoms with Crippen LogP contribution in [-0.4, -0.2) is 30.4 Å². The van der Waals surface area contributed by atoms with Crippen molar-refractivity contribution in [3.8, 4) is 17.9 Å². The minimum Gasteiger partial charge on any atom is -0.497 e. The van der Waals surface area contributed by atoms with E-state index in [1.165, 1.54) is 11.8 Å². The first-order valence-corrected chi connectivity index (χ1v) is 12.4. The van der Waals surface area contributed by atoms with Gasteiger partial charge in [-0.1, -0.05) is 33.8 Å². The number of aromatic nitrogens is 1. The van der Waals surface area contributed by atoms with Crippen molar-refractivity contribution in [2.24, 2.45) is 5.73 Å². The number of halogens is 1. The number of benzene rings is 1. The van der Waals surface area contributed by atoms with Gasteiger partial charge in [0.25, 0.3) is 0 Å². The molecule has 8 nitrogen and oxygen atoms in total. The van der Waals surface area contributed by atoms with Gasteiger partial charge in [0.15, 0.2) is 0 Å². The number of rotatable bonds is 7. The van der Waals surface area contributed by atoms with Gasteiger partial charge in [0.2, 0.25) is 5.88 Å². The average Bonchev–Trinajstić information content (AvgIpc) is 2.82. The third kappa shape index (κ3) is 5.45. The van der Waals surface area contributed by atoms with Crippen LogP contribution >= 0.6 is 27.7 Å². The number of hydrogen-bond acceptors (Lipinski definition) is 9. The number of nitrogens with two attached hydrogens (primary N) is 1. The molecule has 1 aliphatic heterocycles. The Morgan fingerprint density at radius 2 is 2.03 bits per heavy atom. The maximum atomic E-state index is 13.2. The molecule has 1 atom stereocenters. The molecule has 0 saturated heterocycles. The summed E-state index contributed by atoms with van der Waals surface area (Å²) in [5.41, 5.74) is 9.06. The monoisotopic (exact) mass is 554 g/mol. The van der Waals surface area contributed by atoms with Gasteiger partial charge in [0.1, 0.15) is 34.2 Å². The predicted molar refractivity (Wildman–Crippen MR) is 134 cm³/mol. The normalized spacial score (nSPS) is 15.2. The molecule has 2 heterocycles. The largest absolute Gasteiger partial charge is 0.497 e. The predicted octanol–water partition coefficient (Wildman–Crippen LogP) is 4.76. The highest BCUT2D eigenvalue weighted by atomic mass is 79.9. The van der Waals surface area contributed by atoms with Gasteiger partial charge in [-0.15, -0.1) is 0 Å². The van der Waals surface area contributed by atoms with E-state index in [1.807, 2.05) is 19.9 Å². The second-order valence-corrected chi connectivity index (χ2v) is 9.35. The minimum atomic E-state index is -0.827. The molecule has 180 valence electrons. The molecular formula is C25H23BrN4O4S. The van der Waals surface area contributed by atoms with Crippen molar-refractivity contribution < 1.29 is 19.0 Å². The quantitative estimate of drug-likeness (QED) is 0.380. The highest BCUT2D eigenvalue weighted by Crippen LogP contribution is 2.44. The van der Waals surface area contributed by atoms with Crippen LogP contribution in [0.3, 0.4) is 0 Å². The van der Waals surface area contributed by atoms with Crippen LogP contribution < -0.4 is 10.5 Å². The number of allylic oxidation sites excluding steroid dienone is 1. The number of esters is 1. The molecule has 1 aliphatic rings. The Morgan fingerprint density at radius 3 is 2.63 bits per heavy atom. The number of ether oxygens (including phenoxy) is 3. The lowest BCUT2D eigenvalue weighted by molar-refractivity contribution is -0.139. The Morgan fingerprint density at radius 1 is 1.29 bits per heavy atom. The van der Waals surface area contributed by atoms with Crippen molar-refractivity contribution in [3.63, 3.8) is 0 Å². The van der Waals surface area contributed by atoms with Gasteiger partial charge >= 0.3 is 5.97 Å². The summed E-state index contributed by atoms with van der Waals surface area (Å²) in [5, 5.41) is 20.0. The van der Waals surface area contributed by atoms with Crippen LogP contribution in [0, 0.1) is 36.5 Å². The maximum Gasteiger partial charge on any atom is 0.338 e. The summed E-state index contributed by atoms with van der Waals surface area (Å²) in [6.07, 6.45) is 0. The Kier molecular flexibility index (Phi) is 8.44. The summed E-state index contributed by atoms with van der Waals surface area (Å²) >= 11 is 4.77. The van der Waals surface area contributed by atoms with Crippen molar-refractivity contribution in [1.29, 1.82) is 10.5 Å². The summed E-state index contributed by atoms with van der Waals surface area (Å²) in [6, 6.07) is 11.3. The molecule has 2 aromatic rings. The third-order valence-corrected chi connectivity index (χ3v) is 6.94. The van der Waals surface area contributed by atoms with Crippen LogP contribution in [0.4, 0.5) is 0 Å². The number of thioether (sulfide) groups is 1. The number of carbonyl (C=O) groups excluding carboxylic acids is 1. The molecule has 0 fully saturated rings. The van der Waals surface area contributed by atoms with Crippen molar-refractivity contribution in [2.45, 2.75) is 31.7 Å². The molecule has 3 rings (SSSR count). The number of hydrogen-bond donors (Lipinski definition) is 1. The lowest BCUT2D eigenvalue weighted by Crippen LogP contribution is -2.27. The van der Waals surface area contributed by atoms with E-state index in [2.05, 4.69) is 33.1 Å². The van der Waals surface area contributed by atoms with E-state index in [4.69, 9.17) is 19.9 Å². The fraction of sp³-hybridized carbons (Fsp3) is 0.280. The van der Waals surface area contributed by atoms with Crippen molar-refractivity contribution in [1.82, 2.24) is 4.98 Å².